The highest BCUT2D eigenvalue weighted by atomic mass is 16.5. The van der Waals surface area contributed by atoms with Crippen LogP contribution in [0.2, 0.25) is 0 Å². The summed E-state index contributed by atoms with van der Waals surface area (Å²) in [6, 6.07) is 1.89. The number of hydrogen-bond donors (Lipinski definition) is 0. The van der Waals surface area contributed by atoms with Crippen molar-refractivity contribution in [3.63, 3.8) is 0 Å². The fraction of sp³-hybridized carbons (Fsp3) is 0.692. The Hall–Kier alpha value is -1.36. The van der Waals surface area contributed by atoms with Crippen LogP contribution in [0.5, 0.6) is 0 Å². The maximum absolute atomic E-state index is 12.4. The van der Waals surface area contributed by atoms with Gasteiger partial charge in [-0.05, 0) is 26.7 Å². The highest BCUT2D eigenvalue weighted by molar-refractivity contribution is 5.92. The summed E-state index contributed by atoms with van der Waals surface area (Å²) in [6.45, 7) is 5.17. The Bertz CT molecular complexity index is 453. The van der Waals surface area contributed by atoms with Gasteiger partial charge in [0.2, 0.25) is 0 Å². The van der Waals surface area contributed by atoms with Crippen LogP contribution in [0, 0.1) is 0 Å². The zero-order valence-electron chi connectivity index (χ0n) is 10.8. The number of ether oxygens (including phenoxy) is 1. The molecule has 2 atom stereocenters. The molecule has 5 heteroatoms. The van der Waals surface area contributed by atoms with Crippen molar-refractivity contribution < 1.29 is 14.1 Å². The Morgan fingerprint density at radius 3 is 2.94 bits per heavy atom. The number of carbonyl (C=O) groups excluding carboxylic acids is 1. The average Bonchev–Trinajstić information content (AvgIpc) is 3.09. The number of hydrogen-bond acceptors (Lipinski definition) is 4. The normalized spacial score (nSPS) is 28.4. The molecule has 0 spiro atoms. The minimum absolute atomic E-state index is 0.0479. The summed E-state index contributed by atoms with van der Waals surface area (Å²) in [5, 5.41) is 3.91. The zero-order valence-corrected chi connectivity index (χ0v) is 10.8. The summed E-state index contributed by atoms with van der Waals surface area (Å²) >= 11 is 0. The maximum atomic E-state index is 12.4. The van der Waals surface area contributed by atoms with Gasteiger partial charge in [0, 0.05) is 18.5 Å². The van der Waals surface area contributed by atoms with Gasteiger partial charge in [0.15, 0.2) is 5.69 Å². The van der Waals surface area contributed by atoms with E-state index in [4.69, 9.17) is 9.26 Å². The van der Waals surface area contributed by atoms with Crippen molar-refractivity contribution in [1.82, 2.24) is 10.1 Å². The number of amides is 1. The van der Waals surface area contributed by atoms with E-state index >= 15 is 0 Å². The summed E-state index contributed by atoms with van der Waals surface area (Å²) in [5.74, 6) is 1.29. The molecule has 3 rings (SSSR count). The molecule has 0 N–H and O–H groups in total. The predicted molar refractivity (Wildman–Crippen MR) is 64.4 cm³/mol. The molecule has 2 fully saturated rings. The Kier molecular flexibility index (Phi) is 2.86. The lowest BCUT2D eigenvalue weighted by Gasteiger charge is -2.36. The molecule has 98 valence electrons. The van der Waals surface area contributed by atoms with Gasteiger partial charge in [-0.15, -0.1) is 0 Å². The Morgan fingerprint density at radius 2 is 2.22 bits per heavy atom. The Labute approximate surface area is 106 Å². The van der Waals surface area contributed by atoms with Gasteiger partial charge in [0.05, 0.1) is 18.8 Å². The first kappa shape index (κ1) is 11.7. The monoisotopic (exact) mass is 250 g/mol. The molecule has 0 bridgehead atoms. The fourth-order valence-electron chi connectivity index (χ4n) is 2.28. The van der Waals surface area contributed by atoms with Crippen molar-refractivity contribution in [2.75, 3.05) is 13.2 Å². The molecule has 0 radical (unpaired) electrons. The van der Waals surface area contributed by atoms with Gasteiger partial charge in [0.25, 0.3) is 5.91 Å². The molecular formula is C13H18N2O3. The second kappa shape index (κ2) is 4.39. The molecule has 1 saturated heterocycles. The zero-order chi connectivity index (χ0) is 12.7. The molecule has 1 saturated carbocycles. The minimum atomic E-state index is -0.0479. The van der Waals surface area contributed by atoms with E-state index in [0.717, 1.165) is 18.6 Å². The Balaban J connectivity index is 1.75. The van der Waals surface area contributed by atoms with E-state index in [1.165, 1.54) is 0 Å². The predicted octanol–water partition coefficient (Wildman–Crippen LogP) is 1.80. The topological polar surface area (TPSA) is 55.6 Å². The lowest BCUT2D eigenvalue weighted by molar-refractivity contribution is -0.0390. The van der Waals surface area contributed by atoms with Gasteiger partial charge in [-0.1, -0.05) is 5.16 Å². The van der Waals surface area contributed by atoms with Crippen molar-refractivity contribution in [2.45, 2.75) is 44.8 Å². The summed E-state index contributed by atoms with van der Waals surface area (Å²) in [4.78, 5) is 14.2. The summed E-state index contributed by atoms with van der Waals surface area (Å²) in [5.41, 5.74) is 0.429. The van der Waals surface area contributed by atoms with Crippen LogP contribution >= 0.6 is 0 Å². The van der Waals surface area contributed by atoms with Crippen molar-refractivity contribution in [3.8, 4) is 0 Å². The van der Waals surface area contributed by atoms with Crippen molar-refractivity contribution >= 4 is 5.91 Å². The summed E-state index contributed by atoms with van der Waals surface area (Å²) < 4.78 is 10.8. The van der Waals surface area contributed by atoms with E-state index < -0.39 is 0 Å². The van der Waals surface area contributed by atoms with Gasteiger partial charge in [-0.2, -0.15) is 0 Å². The van der Waals surface area contributed by atoms with Crippen LogP contribution in [0.15, 0.2) is 10.6 Å². The quantitative estimate of drug-likeness (QED) is 0.803. The van der Waals surface area contributed by atoms with Gasteiger partial charge < -0.3 is 14.2 Å². The molecule has 18 heavy (non-hydrogen) atoms. The van der Waals surface area contributed by atoms with Crippen LogP contribution in [0.25, 0.3) is 0 Å². The molecule has 2 aliphatic rings. The van der Waals surface area contributed by atoms with Crippen LogP contribution in [0.4, 0.5) is 0 Å². The largest absolute Gasteiger partial charge is 0.375 e. The second-order valence-corrected chi connectivity index (χ2v) is 5.34. The number of rotatable bonds is 2. The molecule has 1 aromatic rings. The van der Waals surface area contributed by atoms with E-state index in [1.807, 2.05) is 18.7 Å². The molecule has 5 nitrogen and oxygen atoms in total. The number of nitrogens with zero attached hydrogens (tertiary/aromatic N) is 2. The van der Waals surface area contributed by atoms with Crippen LogP contribution in [0.3, 0.4) is 0 Å². The highest BCUT2D eigenvalue weighted by Gasteiger charge is 2.32. The maximum Gasteiger partial charge on any atom is 0.276 e. The van der Waals surface area contributed by atoms with Crippen LogP contribution in [-0.4, -0.2) is 41.3 Å². The van der Waals surface area contributed by atoms with Crippen molar-refractivity contribution in [3.05, 3.63) is 17.5 Å². The van der Waals surface area contributed by atoms with Crippen LogP contribution < -0.4 is 0 Å². The van der Waals surface area contributed by atoms with Gasteiger partial charge >= 0.3 is 0 Å². The fourth-order valence-corrected chi connectivity index (χ4v) is 2.28. The average molecular weight is 250 g/mol. The molecule has 0 aromatic carbocycles. The van der Waals surface area contributed by atoms with E-state index in [-0.39, 0.29) is 18.1 Å². The third kappa shape index (κ3) is 2.14. The lowest BCUT2D eigenvalue weighted by atomic mass is 10.2. The first-order valence-corrected chi connectivity index (χ1v) is 6.54. The standard InChI is InChI=1S/C13H18N2O3/c1-8-7-17-9(2)6-15(8)13(16)11-5-12(18-14-11)10-3-4-10/h5,8-10H,3-4,6-7H2,1-2H3/t8-,9+/m0/s1. The lowest BCUT2D eigenvalue weighted by Crippen LogP contribution is -2.50. The third-order valence-corrected chi connectivity index (χ3v) is 3.60. The van der Waals surface area contributed by atoms with Gasteiger partial charge in [-0.25, -0.2) is 0 Å². The van der Waals surface area contributed by atoms with Crippen LogP contribution in [-0.2, 0) is 4.74 Å². The van der Waals surface area contributed by atoms with Crippen molar-refractivity contribution in [2.24, 2.45) is 0 Å². The van der Waals surface area contributed by atoms with E-state index in [0.29, 0.717) is 24.8 Å². The highest BCUT2D eigenvalue weighted by Crippen LogP contribution is 2.40. The number of carbonyl (C=O) groups is 1. The number of aromatic nitrogens is 1. The van der Waals surface area contributed by atoms with E-state index in [2.05, 4.69) is 5.16 Å². The second-order valence-electron chi connectivity index (χ2n) is 5.34. The summed E-state index contributed by atoms with van der Waals surface area (Å²) in [6.07, 6.45) is 2.38. The van der Waals surface area contributed by atoms with Gasteiger partial charge in [0.1, 0.15) is 5.76 Å². The Morgan fingerprint density at radius 1 is 1.44 bits per heavy atom. The SMILES string of the molecule is C[C@@H]1CN(C(=O)c2cc(C3CC3)on2)[C@@H](C)CO1. The number of morpholine rings is 1. The van der Waals surface area contributed by atoms with Crippen LogP contribution in [0.1, 0.15) is 48.9 Å². The van der Waals surface area contributed by atoms with Gasteiger partial charge in [-0.3, -0.25) is 4.79 Å². The van der Waals surface area contributed by atoms with E-state index in [1.54, 1.807) is 6.07 Å². The first-order valence-electron chi connectivity index (χ1n) is 6.54. The third-order valence-electron chi connectivity index (χ3n) is 3.60. The first-order chi connectivity index (χ1) is 8.65. The van der Waals surface area contributed by atoms with Crippen molar-refractivity contribution in [1.29, 1.82) is 0 Å². The smallest absolute Gasteiger partial charge is 0.276 e. The molecule has 1 aliphatic heterocycles. The summed E-state index contributed by atoms with van der Waals surface area (Å²) in [7, 11) is 0. The molecule has 1 aliphatic carbocycles. The molecule has 1 amide bonds. The molecule has 0 unspecified atom stereocenters. The minimum Gasteiger partial charge on any atom is -0.375 e. The molecule has 1 aromatic heterocycles. The molecular weight excluding hydrogens is 232 g/mol. The van der Waals surface area contributed by atoms with E-state index in [9.17, 15) is 4.79 Å². The molecule has 2 heterocycles.